The van der Waals surface area contributed by atoms with Crippen LogP contribution in [0.2, 0.25) is 0 Å². The molecule has 0 bridgehead atoms. The average molecular weight is 661 g/mol. The fourth-order valence-corrected chi connectivity index (χ4v) is 6.47. The summed E-state index contributed by atoms with van der Waals surface area (Å²) >= 11 is 0. The molecule has 4 aromatic rings. The van der Waals surface area contributed by atoms with Crippen molar-refractivity contribution in [3.05, 3.63) is 69.8 Å². The molecule has 252 valence electrons. The van der Waals surface area contributed by atoms with Gasteiger partial charge in [0.1, 0.15) is 28.5 Å². The van der Waals surface area contributed by atoms with Gasteiger partial charge in [0.25, 0.3) is 5.56 Å². The van der Waals surface area contributed by atoms with Crippen molar-refractivity contribution in [3.8, 4) is 22.7 Å². The van der Waals surface area contributed by atoms with Crippen LogP contribution in [0.25, 0.3) is 28.0 Å². The molecule has 0 spiro atoms. The van der Waals surface area contributed by atoms with Gasteiger partial charge in [0.05, 0.1) is 35.8 Å². The standard InChI is InChI=1S/C35H38F2N6O5/c1-18(2)27-30(19(3)11-12-38-27)43-32-21(16-23(37)28(40-32)26-22(36)9-8-10-24(26)47-7)31-29(33(43)45)39-25(44)15-20-17-41(13-14-42(20)31)34(46)48-35(4,5)6/h8-12,16,18,20H,13-15,17H2,1-7H3,(H,39,44). The molecular weight excluding hydrogens is 622 g/mol. The number of rotatable bonds is 4. The molecule has 0 radical (unpaired) electrons. The minimum atomic E-state index is -0.857. The van der Waals surface area contributed by atoms with Crippen LogP contribution in [0.3, 0.4) is 0 Å². The topological polar surface area (TPSA) is 119 Å². The fraction of sp³-hybridized carbons (Fsp3) is 0.400. The van der Waals surface area contributed by atoms with E-state index in [2.05, 4.69) is 15.3 Å². The molecular formula is C35H38F2N6O5. The van der Waals surface area contributed by atoms with E-state index in [-0.39, 0.29) is 71.4 Å². The molecule has 2 aliphatic rings. The normalized spacial score (nSPS) is 16.4. The molecule has 1 atom stereocenters. The number of aromatic nitrogens is 3. The number of hydrogen-bond donors (Lipinski definition) is 1. The van der Waals surface area contributed by atoms with Crippen molar-refractivity contribution in [2.75, 3.05) is 37.0 Å². The lowest BCUT2D eigenvalue weighted by Crippen LogP contribution is -2.56. The third-order valence-electron chi connectivity index (χ3n) is 8.54. The van der Waals surface area contributed by atoms with Gasteiger partial charge >= 0.3 is 6.09 Å². The van der Waals surface area contributed by atoms with Crippen LogP contribution in [0.5, 0.6) is 5.75 Å². The highest BCUT2D eigenvalue weighted by Crippen LogP contribution is 2.42. The summed E-state index contributed by atoms with van der Waals surface area (Å²) in [6.45, 7) is 11.6. The Balaban J connectivity index is 1.66. The zero-order valence-electron chi connectivity index (χ0n) is 28.0. The Bertz CT molecular complexity index is 2020. The first-order chi connectivity index (χ1) is 22.7. The molecule has 48 heavy (non-hydrogen) atoms. The summed E-state index contributed by atoms with van der Waals surface area (Å²) in [6, 6.07) is 6.53. The number of halogens is 2. The van der Waals surface area contributed by atoms with Crippen molar-refractivity contribution in [1.29, 1.82) is 0 Å². The number of benzene rings is 1. The Kier molecular flexibility index (Phi) is 8.34. The fourth-order valence-electron chi connectivity index (χ4n) is 6.47. The Morgan fingerprint density at radius 3 is 2.52 bits per heavy atom. The van der Waals surface area contributed by atoms with E-state index in [1.807, 2.05) is 25.7 Å². The van der Waals surface area contributed by atoms with Crippen molar-refractivity contribution in [1.82, 2.24) is 19.4 Å². The summed E-state index contributed by atoms with van der Waals surface area (Å²) in [5.74, 6) is -2.12. The molecule has 5 heterocycles. The average Bonchev–Trinajstić information content (AvgIpc) is 3.16. The number of nitrogens with zero attached hydrogens (tertiary/aromatic N) is 5. The van der Waals surface area contributed by atoms with Crippen LogP contribution in [0.15, 0.2) is 41.3 Å². The molecule has 0 aliphatic carbocycles. The lowest BCUT2D eigenvalue weighted by molar-refractivity contribution is -0.116. The number of piperazine rings is 1. The van der Waals surface area contributed by atoms with Crippen molar-refractivity contribution < 1.29 is 27.8 Å². The number of ether oxygens (including phenoxy) is 2. The molecule has 2 aliphatic heterocycles. The lowest BCUT2D eigenvalue weighted by Gasteiger charge is -2.42. The monoisotopic (exact) mass is 660 g/mol. The third kappa shape index (κ3) is 5.71. The predicted molar refractivity (Wildman–Crippen MR) is 178 cm³/mol. The zero-order valence-corrected chi connectivity index (χ0v) is 28.0. The van der Waals surface area contributed by atoms with Crippen molar-refractivity contribution >= 4 is 34.4 Å². The van der Waals surface area contributed by atoms with E-state index in [4.69, 9.17) is 9.47 Å². The number of anilines is 2. The molecule has 1 fully saturated rings. The largest absolute Gasteiger partial charge is 0.496 e. The van der Waals surface area contributed by atoms with Crippen LogP contribution < -0.4 is 20.5 Å². The Morgan fingerprint density at radius 1 is 1.08 bits per heavy atom. The van der Waals surface area contributed by atoms with E-state index in [1.54, 1.807) is 33.0 Å². The lowest BCUT2D eigenvalue weighted by atomic mass is 10.0. The quantitative estimate of drug-likeness (QED) is 0.286. The van der Waals surface area contributed by atoms with Gasteiger partial charge in [0.2, 0.25) is 5.91 Å². The SMILES string of the molecule is COc1cccc(F)c1-c1nc2c(cc1F)c1c(c(=O)n2-c2c(C)ccnc2C(C)C)NC(=O)CC2CN(C(=O)OC(C)(C)C)CCN12. The summed E-state index contributed by atoms with van der Waals surface area (Å²) in [4.78, 5) is 53.8. The minimum absolute atomic E-state index is 0.0432. The molecule has 3 aromatic heterocycles. The number of nitrogens with one attached hydrogen (secondary N) is 1. The molecule has 2 amide bonds. The maximum atomic E-state index is 16.4. The number of fused-ring (bicyclic) bond motifs is 5. The molecule has 0 saturated carbocycles. The Hall–Kier alpha value is -5.07. The number of methoxy groups -OCH3 is 1. The van der Waals surface area contributed by atoms with Gasteiger partial charge in [-0.15, -0.1) is 0 Å². The second kappa shape index (κ2) is 12.2. The summed E-state index contributed by atoms with van der Waals surface area (Å²) < 4.78 is 44.0. The number of hydrogen-bond acceptors (Lipinski definition) is 8. The van der Waals surface area contributed by atoms with Gasteiger partial charge in [0, 0.05) is 37.6 Å². The highest BCUT2D eigenvalue weighted by atomic mass is 19.1. The van der Waals surface area contributed by atoms with Crippen molar-refractivity contribution in [3.63, 3.8) is 0 Å². The number of carbonyl (C=O) groups excluding carboxylic acids is 2. The first kappa shape index (κ1) is 32.9. The first-order valence-corrected chi connectivity index (χ1v) is 15.8. The van der Waals surface area contributed by atoms with E-state index >= 15 is 8.78 Å². The van der Waals surface area contributed by atoms with Crippen LogP contribution >= 0.6 is 0 Å². The number of carbonyl (C=O) groups is 2. The van der Waals surface area contributed by atoms with E-state index in [1.165, 1.54) is 40.8 Å². The summed E-state index contributed by atoms with van der Waals surface area (Å²) in [5.41, 5.74) is 0.112. The van der Waals surface area contributed by atoms with E-state index in [0.29, 0.717) is 16.9 Å². The second-order valence-electron chi connectivity index (χ2n) is 13.4. The molecule has 1 N–H and O–H groups in total. The van der Waals surface area contributed by atoms with Crippen LogP contribution in [0, 0.1) is 18.6 Å². The van der Waals surface area contributed by atoms with Crippen LogP contribution in [0.4, 0.5) is 25.0 Å². The molecule has 6 rings (SSSR count). The molecule has 1 unspecified atom stereocenters. The number of pyridine rings is 3. The number of aryl methyl sites for hydroxylation is 1. The van der Waals surface area contributed by atoms with Crippen LogP contribution in [-0.2, 0) is 9.53 Å². The van der Waals surface area contributed by atoms with Gasteiger partial charge in [-0.3, -0.25) is 19.1 Å². The number of amides is 2. The van der Waals surface area contributed by atoms with Gasteiger partial charge in [-0.05, 0) is 63.4 Å². The van der Waals surface area contributed by atoms with Crippen LogP contribution in [-0.4, -0.2) is 69.8 Å². The molecule has 1 saturated heterocycles. The van der Waals surface area contributed by atoms with Gasteiger partial charge in [-0.1, -0.05) is 19.9 Å². The van der Waals surface area contributed by atoms with E-state index in [0.717, 1.165) is 0 Å². The maximum Gasteiger partial charge on any atom is 0.410 e. The smallest absolute Gasteiger partial charge is 0.410 e. The highest BCUT2D eigenvalue weighted by Gasteiger charge is 2.39. The van der Waals surface area contributed by atoms with E-state index in [9.17, 15) is 14.4 Å². The summed E-state index contributed by atoms with van der Waals surface area (Å²) in [6.07, 6.45) is 1.08. The Morgan fingerprint density at radius 2 is 1.83 bits per heavy atom. The minimum Gasteiger partial charge on any atom is -0.496 e. The second-order valence-corrected chi connectivity index (χ2v) is 13.4. The van der Waals surface area contributed by atoms with Gasteiger partial charge in [-0.25, -0.2) is 18.6 Å². The van der Waals surface area contributed by atoms with E-state index < -0.39 is 40.8 Å². The Labute approximate surface area is 276 Å². The first-order valence-electron chi connectivity index (χ1n) is 15.8. The van der Waals surface area contributed by atoms with Crippen molar-refractivity contribution in [2.24, 2.45) is 0 Å². The van der Waals surface area contributed by atoms with Gasteiger partial charge in [0.15, 0.2) is 11.5 Å². The van der Waals surface area contributed by atoms with Gasteiger partial charge < -0.3 is 24.6 Å². The maximum absolute atomic E-state index is 16.4. The zero-order chi connectivity index (χ0) is 34.7. The molecule has 1 aromatic carbocycles. The summed E-state index contributed by atoms with van der Waals surface area (Å²) in [7, 11) is 1.35. The summed E-state index contributed by atoms with van der Waals surface area (Å²) in [5, 5.41) is 3.01. The van der Waals surface area contributed by atoms with Crippen molar-refractivity contribution in [2.45, 2.75) is 65.5 Å². The molecule has 13 heteroatoms. The predicted octanol–water partition coefficient (Wildman–Crippen LogP) is 5.93. The molecule has 11 nitrogen and oxygen atoms in total. The van der Waals surface area contributed by atoms with Crippen LogP contribution in [0.1, 0.15) is 58.2 Å². The highest BCUT2D eigenvalue weighted by molar-refractivity contribution is 6.05. The third-order valence-corrected chi connectivity index (χ3v) is 8.54. The van der Waals surface area contributed by atoms with Gasteiger partial charge in [-0.2, -0.15) is 0 Å².